The molecule has 24 heavy (non-hydrogen) atoms. The molecule has 0 bridgehead atoms. The fourth-order valence-electron chi connectivity index (χ4n) is 2.64. The van der Waals surface area contributed by atoms with Gasteiger partial charge < -0.3 is 15.3 Å². The van der Waals surface area contributed by atoms with Crippen LogP contribution in [0.5, 0.6) is 5.75 Å². The molecule has 1 aromatic carbocycles. The molecule has 2 N–H and O–H groups in total. The molecule has 1 aliphatic heterocycles. The summed E-state index contributed by atoms with van der Waals surface area (Å²) in [7, 11) is 0. The average Bonchev–Trinajstić information content (AvgIpc) is 2.94. The third-order valence-corrected chi connectivity index (χ3v) is 4.87. The summed E-state index contributed by atoms with van der Waals surface area (Å²) in [5.74, 6) is -0.901. The first-order valence-corrected chi connectivity index (χ1v) is 8.26. The summed E-state index contributed by atoms with van der Waals surface area (Å²) in [5, 5.41) is 12.3. The van der Waals surface area contributed by atoms with Crippen molar-refractivity contribution in [1.29, 1.82) is 0 Å². The molecule has 1 unspecified atom stereocenters. The predicted molar refractivity (Wildman–Crippen MR) is 93.9 cm³/mol. The fraction of sp³-hybridized carbons (Fsp3) is 0.235. The monoisotopic (exact) mass is 389 g/mol. The Balaban J connectivity index is 1.73. The van der Waals surface area contributed by atoms with Crippen LogP contribution in [0.15, 0.2) is 41.0 Å². The Bertz CT molecular complexity index is 809. The van der Waals surface area contributed by atoms with Gasteiger partial charge in [0.2, 0.25) is 11.8 Å². The van der Waals surface area contributed by atoms with Crippen molar-refractivity contribution in [2.24, 2.45) is 5.92 Å². The van der Waals surface area contributed by atoms with E-state index in [4.69, 9.17) is 0 Å². The van der Waals surface area contributed by atoms with E-state index in [1.165, 1.54) is 12.3 Å². The van der Waals surface area contributed by atoms with Gasteiger partial charge in [-0.05, 0) is 42.8 Å². The lowest BCUT2D eigenvalue weighted by Crippen LogP contribution is -2.28. The number of anilines is 2. The van der Waals surface area contributed by atoms with Gasteiger partial charge in [-0.15, -0.1) is 0 Å². The molecule has 1 aliphatic rings. The second-order valence-electron chi connectivity index (χ2n) is 5.70. The maximum Gasteiger partial charge on any atom is 0.231 e. The second-order valence-corrected chi connectivity index (χ2v) is 6.55. The molecule has 1 atom stereocenters. The topological polar surface area (TPSA) is 82.5 Å². The Morgan fingerprint density at radius 3 is 2.92 bits per heavy atom. The van der Waals surface area contributed by atoms with E-state index >= 15 is 0 Å². The zero-order valence-electron chi connectivity index (χ0n) is 13.0. The molecule has 2 amide bonds. The number of hydrogen-bond acceptors (Lipinski definition) is 4. The van der Waals surface area contributed by atoms with Crippen LogP contribution in [0.4, 0.5) is 11.5 Å². The van der Waals surface area contributed by atoms with Gasteiger partial charge in [-0.2, -0.15) is 0 Å². The number of aromatic nitrogens is 1. The van der Waals surface area contributed by atoms with Crippen LogP contribution < -0.4 is 10.2 Å². The molecule has 2 aromatic rings. The van der Waals surface area contributed by atoms with Crippen molar-refractivity contribution in [2.75, 3.05) is 16.8 Å². The molecule has 1 aromatic heterocycles. The summed E-state index contributed by atoms with van der Waals surface area (Å²) >= 11 is 3.43. The van der Waals surface area contributed by atoms with Crippen LogP contribution in [-0.4, -0.2) is 28.4 Å². The van der Waals surface area contributed by atoms with Crippen molar-refractivity contribution in [1.82, 2.24) is 4.98 Å². The Kier molecular flexibility index (Phi) is 4.53. The number of aryl methyl sites for hydroxylation is 1. The highest BCUT2D eigenvalue weighted by Gasteiger charge is 2.35. The largest absolute Gasteiger partial charge is 0.504 e. The summed E-state index contributed by atoms with van der Waals surface area (Å²) < 4.78 is 0.970. The lowest BCUT2D eigenvalue weighted by atomic mass is 10.1. The van der Waals surface area contributed by atoms with Crippen molar-refractivity contribution in [2.45, 2.75) is 13.3 Å². The van der Waals surface area contributed by atoms with Crippen LogP contribution >= 0.6 is 15.9 Å². The third-order valence-electron chi connectivity index (χ3n) is 3.98. The van der Waals surface area contributed by atoms with Crippen molar-refractivity contribution in [3.05, 3.63) is 46.6 Å². The molecule has 2 heterocycles. The van der Waals surface area contributed by atoms with E-state index in [9.17, 15) is 14.7 Å². The predicted octanol–water partition coefficient (Wildman–Crippen LogP) is 2.85. The average molecular weight is 390 g/mol. The number of hydrogen-bond donors (Lipinski definition) is 2. The molecule has 0 aliphatic carbocycles. The third kappa shape index (κ3) is 3.26. The summed E-state index contributed by atoms with van der Waals surface area (Å²) in [6.45, 7) is 2.25. The zero-order chi connectivity index (χ0) is 17.3. The number of carbonyl (C=O) groups excluding carboxylic acids is 2. The van der Waals surface area contributed by atoms with E-state index in [1.807, 2.05) is 25.1 Å². The molecule has 3 rings (SSSR count). The first-order chi connectivity index (χ1) is 11.5. The Hall–Kier alpha value is -2.41. The number of aromatic hydroxyl groups is 1. The van der Waals surface area contributed by atoms with Crippen LogP contribution in [0.25, 0.3) is 0 Å². The van der Waals surface area contributed by atoms with Gasteiger partial charge in [0.25, 0.3) is 0 Å². The van der Waals surface area contributed by atoms with Crippen LogP contribution in [-0.2, 0) is 9.59 Å². The van der Waals surface area contributed by atoms with Gasteiger partial charge in [-0.1, -0.05) is 15.9 Å². The molecule has 6 nitrogen and oxygen atoms in total. The molecule has 0 spiro atoms. The highest BCUT2D eigenvalue weighted by Crippen LogP contribution is 2.29. The molecule has 0 radical (unpaired) electrons. The normalized spacial score (nSPS) is 17.2. The Morgan fingerprint density at radius 2 is 2.21 bits per heavy atom. The minimum Gasteiger partial charge on any atom is -0.504 e. The molecular weight excluding hydrogens is 374 g/mol. The first kappa shape index (κ1) is 16.4. The number of nitrogens with zero attached hydrogens (tertiary/aromatic N) is 2. The van der Waals surface area contributed by atoms with E-state index in [0.717, 1.165) is 15.7 Å². The fourth-order valence-corrected chi connectivity index (χ4v) is 2.89. The summed E-state index contributed by atoms with van der Waals surface area (Å²) in [6.07, 6.45) is 1.61. The van der Waals surface area contributed by atoms with Crippen molar-refractivity contribution < 1.29 is 14.7 Å². The molecule has 7 heteroatoms. The van der Waals surface area contributed by atoms with Crippen molar-refractivity contribution >= 4 is 39.2 Å². The minimum atomic E-state index is -0.483. The number of carbonyl (C=O) groups is 2. The van der Waals surface area contributed by atoms with Gasteiger partial charge in [-0.25, -0.2) is 4.98 Å². The van der Waals surface area contributed by atoms with Crippen LogP contribution in [0.2, 0.25) is 0 Å². The van der Waals surface area contributed by atoms with Gasteiger partial charge in [0, 0.05) is 29.3 Å². The SMILES string of the molecule is Cc1cc(N2CC(C(=O)Nc3ncccc3O)CC2=O)ccc1Br. The highest BCUT2D eigenvalue weighted by atomic mass is 79.9. The Labute approximate surface area is 147 Å². The lowest BCUT2D eigenvalue weighted by molar-refractivity contribution is -0.122. The summed E-state index contributed by atoms with van der Waals surface area (Å²) in [4.78, 5) is 30.2. The standard InChI is InChI=1S/C17H16BrN3O3/c1-10-7-12(4-5-13(10)18)21-9-11(8-15(21)23)17(24)20-16-14(22)3-2-6-19-16/h2-7,11,22H,8-9H2,1H3,(H,19,20,24). The van der Waals surface area contributed by atoms with Gasteiger partial charge in [0.05, 0.1) is 5.92 Å². The quantitative estimate of drug-likeness (QED) is 0.845. The molecule has 0 saturated carbocycles. The second kappa shape index (κ2) is 6.60. The van der Waals surface area contributed by atoms with Gasteiger partial charge in [-0.3, -0.25) is 9.59 Å². The summed E-state index contributed by atoms with van der Waals surface area (Å²) in [6, 6.07) is 8.66. The van der Waals surface area contributed by atoms with E-state index < -0.39 is 5.92 Å². The Morgan fingerprint density at radius 1 is 1.42 bits per heavy atom. The number of benzene rings is 1. The van der Waals surface area contributed by atoms with E-state index in [-0.39, 0.29) is 29.8 Å². The maximum atomic E-state index is 12.4. The zero-order valence-corrected chi connectivity index (χ0v) is 14.6. The van der Waals surface area contributed by atoms with E-state index in [2.05, 4.69) is 26.2 Å². The van der Waals surface area contributed by atoms with Gasteiger partial charge in [0.15, 0.2) is 11.6 Å². The minimum absolute atomic E-state index is 0.0953. The number of amides is 2. The van der Waals surface area contributed by atoms with Gasteiger partial charge >= 0.3 is 0 Å². The molecule has 124 valence electrons. The lowest BCUT2D eigenvalue weighted by Gasteiger charge is -2.17. The molecular formula is C17H16BrN3O3. The van der Waals surface area contributed by atoms with Crippen molar-refractivity contribution in [3.63, 3.8) is 0 Å². The number of pyridine rings is 1. The summed E-state index contributed by atoms with van der Waals surface area (Å²) in [5.41, 5.74) is 1.79. The maximum absolute atomic E-state index is 12.4. The van der Waals surface area contributed by atoms with E-state index in [1.54, 1.807) is 11.0 Å². The first-order valence-electron chi connectivity index (χ1n) is 7.47. The molecule has 1 saturated heterocycles. The molecule has 1 fully saturated rings. The van der Waals surface area contributed by atoms with Crippen molar-refractivity contribution in [3.8, 4) is 5.75 Å². The number of nitrogens with one attached hydrogen (secondary N) is 1. The number of halogens is 1. The van der Waals surface area contributed by atoms with Crippen LogP contribution in [0.1, 0.15) is 12.0 Å². The van der Waals surface area contributed by atoms with Crippen LogP contribution in [0.3, 0.4) is 0 Å². The van der Waals surface area contributed by atoms with E-state index in [0.29, 0.717) is 6.54 Å². The number of rotatable bonds is 3. The smallest absolute Gasteiger partial charge is 0.231 e. The highest BCUT2D eigenvalue weighted by molar-refractivity contribution is 9.10. The van der Waals surface area contributed by atoms with Crippen LogP contribution in [0, 0.1) is 12.8 Å². The van der Waals surface area contributed by atoms with Gasteiger partial charge in [0.1, 0.15) is 0 Å².